The molecule has 1 atom stereocenters. The maximum absolute atomic E-state index is 12.5. The predicted molar refractivity (Wildman–Crippen MR) is 91.5 cm³/mol. The van der Waals surface area contributed by atoms with E-state index in [0.29, 0.717) is 5.92 Å². The van der Waals surface area contributed by atoms with E-state index in [-0.39, 0.29) is 17.4 Å². The fourth-order valence-electron chi connectivity index (χ4n) is 3.25. The third-order valence-electron chi connectivity index (χ3n) is 4.83. The first kappa shape index (κ1) is 16.2. The molecule has 1 saturated heterocycles. The van der Waals surface area contributed by atoms with Crippen LogP contribution < -0.4 is 4.90 Å². The fraction of sp³-hybridized carbons (Fsp3) is 0.722. The highest BCUT2D eigenvalue weighted by Gasteiger charge is 2.33. The van der Waals surface area contributed by atoms with Crippen LogP contribution >= 0.6 is 0 Å². The van der Waals surface area contributed by atoms with Crippen molar-refractivity contribution >= 4 is 11.7 Å². The van der Waals surface area contributed by atoms with Crippen molar-refractivity contribution in [2.75, 3.05) is 25.0 Å². The number of piperidine rings is 1. The van der Waals surface area contributed by atoms with Crippen LogP contribution in [0.4, 0.5) is 5.82 Å². The highest BCUT2D eigenvalue weighted by Crippen LogP contribution is 2.38. The van der Waals surface area contributed by atoms with Gasteiger partial charge in [-0.1, -0.05) is 20.8 Å². The summed E-state index contributed by atoms with van der Waals surface area (Å²) >= 11 is 0. The van der Waals surface area contributed by atoms with Crippen molar-refractivity contribution in [3.05, 3.63) is 18.1 Å². The highest BCUT2D eigenvalue weighted by atomic mass is 16.2. The maximum atomic E-state index is 12.5. The van der Waals surface area contributed by atoms with E-state index in [9.17, 15) is 4.79 Å². The van der Waals surface area contributed by atoms with Crippen molar-refractivity contribution in [2.45, 2.75) is 58.4 Å². The van der Waals surface area contributed by atoms with E-state index >= 15 is 0 Å². The number of carbonyl (C=O) groups is 1. The molecule has 2 fully saturated rings. The van der Waals surface area contributed by atoms with E-state index in [1.165, 1.54) is 12.8 Å². The molecule has 0 bridgehead atoms. The van der Waals surface area contributed by atoms with E-state index in [4.69, 9.17) is 4.98 Å². The summed E-state index contributed by atoms with van der Waals surface area (Å²) in [4.78, 5) is 26.0. The lowest BCUT2D eigenvalue weighted by atomic mass is 9.93. The number of rotatable bonds is 3. The van der Waals surface area contributed by atoms with Gasteiger partial charge in [0.25, 0.3) is 0 Å². The standard InChI is InChI=1S/C18H28N4O/c1-18(2,3)17(23)21(4)14-6-5-11-22(12-14)15-9-10-19-16(20-15)13-7-8-13/h9-10,13-14H,5-8,11-12H2,1-4H3. The van der Waals surface area contributed by atoms with Gasteiger partial charge in [0, 0.05) is 43.7 Å². The monoisotopic (exact) mass is 316 g/mol. The Balaban J connectivity index is 1.70. The Hall–Kier alpha value is -1.65. The zero-order chi connectivity index (χ0) is 16.6. The van der Waals surface area contributed by atoms with Crippen LogP contribution in [0.15, 0.2) is 12.3 Å². The molecule has 0 radical (unpaired) electrons. The van der Waals surface area contributed by atoms with Gasteiger partial charge in [-0.3, -0.25) is 4.79 Å². The van der Waals surface area contributed by atoms with Crippen LogP contribution in [0.2, 0.25) is 0 Å². The molecule has 1 aromatic rings. The molecule has 23 heavy (non-hydrogen) atoms. The SMILES string of the molecule is CN(C(=O)C(C)(C)C)C1CCCN(c2ccnc(C3CC3)n2)C1. The molecule has 1 aliphatic carbocycles. The average Bonchev–Trinajstić information content (AvgIpc) is 3.38. The Morgan fingerprint density at radius 3 is 2.70 bits per heavy atom. The fourth-order valence-corrected chi connectivity index (χ4v) is 3.25. The number of anilines is 1. The number of aromatic nitrogens is 2. The Morgan fingerprint density at radius 2 is 2.04 bits per heavy atom. The Morgan fingerprint density at radius 1 is 1.30 bits per heavy atom. The Kier molecular flexibility index (Phi) is 4.30. The number of hydrogen-bond acceptors (Lipinski definition) is 4. The summed E-state index contributed by atoms with van der Waals surface area (Å²) in [7, 11) is 1.94. The first-order valence-electron chi connectivity index (χ1n) is 8.71. The minimum Gasteiger partial charge on any atom is -0.354 e. The van der Waals surface area contributed by atoms with Gasteiger partial charge in [-0.15, -0.1) is 0 Å². The van der Waals surface area contributed by atoms with Crippen molar-refractivity contribution in [3.63, 3.8) is 0 Å². The van der Waals surface area contributed by atoms with Crippen molar-refractivity contribution in [2.24, 2.45) is 5.41 Å². The van der Waals surface area contributed by atoms with E-state index in [0.717, 1.165) is 37.6 Å². The Labute approximate surface area is 139 Å². The van der Waals surface area contributed by atoms with Gasteiger partial charge in [-0.2, -0.15) is 0 Å². The zero-order valence-electron chi connectivity index (χ0n) is 14.7. The van der Waals surface area contributed by atoms with Crippen LogP contribution in [0.5, 0.6) is 0 Å². The van der Waals surface area contributed by atoms with Crippen LogP contribution in [0.1, 0.15) is 58.2 Å². The molecule has 1 unspecified atom stereocenters. The molecule has 1 saturated carbocycles. The number of hydrogen-bond donors (Lipinski definition) is 0. The van der Waals surface area contributed by atoms with Crippen molar-refractivity contribution in [1.82, 2.24) is 14.9 Å². The first-order chi connectivity index (χ1) is 10.9. The lowest BCUT2D eigenvalue weighted by Crippen LogP contribution is -2.51. The van der Waals surface area contributed by atoms with Gasteiger partial charge in [0.05, 0.1) is 0 Å². The van der Waals surface area contributed by atoms with E-state index < -0.39 is 0 Å². The number of likely N-dealkylation sites (N-methyl/N-ethyl adjacent to an activating group) is 1. The molecule has 2 aliphatic rings. The van der Waals surface area contributed by atoms with Gasteiger partial charge < -0.3 is 9.80 Å². The molecule has 1 aliphatic heterocycles. The largest absolute Gasteiger partial charge is 0.354 e. The van der Waals surface area contributed by atoms with Crippen LogP contribution in [0.3, 0.4) is 0 Å². The molecule has 0 spiro atoms. The molecule has 1 aromatic heterocycles. The average molecular weight is 316 g/mol. The quantitative estimate of drug-likeness (QED) is 0.860. The summed E-state index contributed by atoms with van der Waals surface area (Å²) in [5.74, 6) is 2.79. The summed E-state index contributed by atoms with van der Waals surface area (Å²) in [6.07, 6.45) is 6.47. The molecule has 1 amide bonds. The molecule has 0 N–H and O–H groups in total. The zero-order valence-corrected chi connectivity index (χ0v) is 14.7. The van der Waals surface area contributed by atoms with Crippen LogP contribution in [-0.2, 0) is 4.79 Å². The normalized spacial score (nSPS) is 22.1. The lowest BCUT2D eigenvalue weighted by molar-refractivity contribution is -0.140. The number of amides is 1. The smallest absolute Gasteiger partial charge is 0.227 e. The Bertz CT molecular complexity index is 577. The third-order valence-corrected chi connectivity index (χ3v) is 4.83. The predicted octanol–water partition coefficient (Wildman–Crippen LogP) is 2.83. The second kappa shape index (κ2) is 6.10. The van der Waals surface area contributed by atoms with E-state index in [1.807, 2.05) is 45.0 Å². The molecule has 5 nitrogen and oxygen atoms in total. The molecular weight excluding hydrogens is 288 g/mol. The summed E-state index contributed by atoms with van der Waals surface area (Å²) in [6, 6.07) is 2.26. The minimum absolute atomic E-state index is 0.214. The van der Waals surface area contributed by atoms with Crippen molar-refractivity contribution < 1.29 is 4.79 Å². The van der Waals surface area contributed by atoms with Gasteiger partial charge in [0.15, 0.2) is 0 Å². The van der Waals surface area contributed by atoms with E-state index in [1.54, 1.807) is 0 Å². The summed E-state index contributed by atoms with van der Waals surface area (Å²) < 4.78 is 0. The topological polar surface area (TPSA) is 49.3 Å². The molecule has 126 valence electrons. The summed E-state index contributed by atoms with van der Waals surface area (Å²) in [5, 5.41) is 0. The highest BCUT2D eigenvalue weighted by molar-refractivity contribution is 5.81. The van der Waals surface area contributed by atoms with Crippen LogP contribution in [0.25, 0.3) is 0 Å². The second-order valence-corrected chi connectivity index (χ2v) is 7.96. The minimum atomic E-state index is -0.328. The molecule has 0 aromatic carbocycles. The molecule has 2 heterocycles. The second-order valence-electron chi connectivity index (χ2n) is 7.96. The number of carbonyl (C=O) groups excluding carboxylic acids is 1. The maximum Gasteiger partial charge on any atom is 0.227 e. The van der Waals surface area contributed by atoms with Crippen LogP contribution in [-0.4, -0.2) is 47.0 Å². The summed E-state index contributed by atoms with van der Waals surface area (Å²) in [5.41, 5.74) is -0.328. The van der Waals surface area contributed by atoms with Gasteiger partial charge >= 0.3 is 0 Å². The van der Waals surface area contributed by atoms with Crippen molar-refractivity contribution in [3.8, 4) is 0 Å². The van der Waals surface area contributed by atoms with Crippen LogP contribution in [0, 0.1) is 5.41 Å². The molecule has 3 rings (SSSR count). The van der Waals surface area contributed by atoms with Crippen molar-refractivity contribution in [1.29, 1.82) is 0 Å². The van der Waals surface area contributed by atoms with Gasteiger partial charge in [0.2, 0.25) is 5.91 Å². The number of nitrogens with zero attached hydrogens (tertiary/aromatic N) is 4. The van der Waals surface area contributed by atoms with Gasteiger partial charge in [-0.05, 0) is 31.7 Å². The van der Waals surface area contributed by atoms with E-state index in [2.05, 4.69) is 9.88 Å². The van der Waals surface area contributed by atoms with Gasteiger partial charge in [-0.25, -0.2) is 9.97 Å². The lowest BCUT2D eigenvalue weighted by Gasteiger charge is -2.40. The first-order valence-corrected chi connectivity index (χ1v) is 8.71. The third kappa shape index (κ3) is 3.65. The molecular formula is C18H28N4O. The molecule has 5 heteroatoms. The summed E-state index contributed by atoms with van der Waals surface area (Å²) in [6.45, 7) is 7.82. The van der Waals surface area contributed by atoms with Gasteiger partial charge in [0.1, 0.15) is 11.6 Å².